The van der Waals surface area contributed by atoms with Crippen LogP contribution in [0.15, 0.2) is 54.9 Å². The van der Waals surface area contributed by atoms with Gasteiger partial charge in [0.1, 0.15) is 0 Å². The smallest absolute Gasteiger partial charge is 0.289 e. The molecule has 0 saturated heterocycles. The number of rotatable bonds is 3. The lowest BCUT2D eigenvalue weighted by molar-refractivity contribution is 0.459. The van der Waals surface area contributed by atoms with Crippen molar-refractivity contribution in [1.82, 2.24) is 9.55 Å². The zero-order valence-electron chi connectivity index (χ0n) is 13.3. The zero-order valence-corrected chi connectivity index (χ0v) is 14.0. The molecular formula is C20H18ClFN2. The lowest BCUT2D eigenvalue weighted by Crippen LogP contribution is -2.15. The Kier molecular flexibility index (Phi) is 4.11. The summed E-state index contributed by atoms with van der Waals surface area (Å²) in [5.41, 5.74) is 4.59. The fraction of sp³-hybridized carbons (Fsp3) is 0.250. The summed E-state index contributed by atoms with van der Waals surface area (Å²) in [4.78, 5) is 3.76. The Morgan fingerprint density at radius 1 is 1.04 bits per heavy atom. The van der Waals surface area contributed by atoms with Crippen LogP contribution in [-0.4, -0.2) is 9.55 Å². The van der Waals surface area contributed by atoms with Crippen LogP contribution in [0, 0.1) is 6.08 Å². The molecule has 0 bridgehead atoms. The van der Waals surface area contributed by atoms with Crippen LogP contribution in [0.2, 0.25) is 5.02 Å². The zero-order chi connectivity index (χ0) is 16.5. The van der Waals surface area contributed by atoms with Crippen LogP contribution in [-0.2, 0) is 12.8 Å². The van der Waals surface area contributed by atoms with Crippen molar-refractivity contribution in [3.63, 3.8) is 0 Å². The molecule has 2 nitrogen and oxygen atoms in total. The molecule has 1 atom stereocenters. The first-order valence-electron chi connectivity index (χ1n) is 8.28. The Morgan fingerprint density at radius 2 is 1.75 bits per heavy atom. The molecule has 0 amide bonds. The van der Waals surface area contributed by atoms with Gasteiger partial charge in [-0.1, -0.05) is 48.0 Å². The summed E-state index contributed by atoms with van der Waals surface area (Å²) in [6.45, 7) is 0. The van der Waals surface area contributed by atoms with Crippen molar-refractivity contribution in [2.75, 3.05) is 0 Å². The molecule has 3 aromatic rings. The van der Waals surface area contributed by atoms with Gasteiger partial charge in [0.05, 0.1) is 6.04 Å². The van der Waals surface area contributed by atoms with Crippen molar-refractivity contribution < 1.29 is 4.39 Å². The summed E-state index contributed by atoms with van der Waals surface area (Å²) in [6, 6.07) is 13.8. The van der Waals surface area contributed by atoms with Gasteiger partial charge in [0.15, 0.2) is 0 Å². The molecule has 4 rings (SSSR count). The van der Waals surface area contributed by atoms with Gasteiger partial charge in [0.25, 0.3) is 6.08 Å². The molecular weight excluding hydrogens is 323 g/mol. The van der Waals surface area contributed by atoms with Crippen LogP contribution < -0.4 is 0 Å². The Labute approximate surface area is 145 Å². The van der Waals surface area contributed by atoms with Gasteiger partial charge in [-0.05, 0) is 54.0 Å². The SMILES string of the molecule is Fc1nccn1C(c1ccccc1)c1cc2c(cc1Cl)CCCC2. The predicted octanol–water partition coefficient (Wildman–Crippen LogP) is 5.19. The molecule has 4 heteroatoms. The normalized spacial score (nSPS) is 15.1. The molecule has 0 saturated carbocycles. The average molecular weight is 341 g/mol. The Morgan fingerprint density at radius 3 is 2.42 bits per heavy atom. The van der Waals surface area contributed by atoms with E-state index >= 15 is 0 Å². The number of hydrogen-bond acceptors (Lipinski definition) is 1. The maximum absolute atomic E-state index is 14.3. The summed E-state index contributed by atoms with van der Waals surface area (Å²) >= 11 is 6.62. The molecule has 122 valence electrons. The van der Waals surface area contributed by atoms with Gasteiger partial charge < -0.3 is 0 Å². The third-order valence-corrected chi connectivity index (χ3v) is 5.10. The van der Waals surface area contributed by atoms with E-state index in [2.05, 4.69) is 17.1 Å². The van der Waals surface area contributed by atoms with E-state index in [1.807, 2.05) is 30.3 Å². The molecule has 0 N–H and O–H groups in total. The van der Waals surface area contributed by atoms with E-state index in [1.165, 1.54) is 30.2 Å². The van der Waals surface area contributed by atoms with E-state index in [9.17, 15) is 4.39 Å². The Balaban J connectivity index is 1.90. The first kappa shape index (κ1) is 15.4. The second-order valence-electron chi connectivity index (χ2n) is 6.27. The number of hydrogen-bond donors (Lipinski definition) is 0. The number of aryl methyl sites for hydroxylation is 2. The number of fused-ring (bicyclic) bond motifs is 1. The summed E-state index contributed by atoms with van der Waals surface area (Å²) in [5.74, 6) is 0. The molecule has 0 radical (unpaired) electrons. The quantitative estimate of drug-likeness (QED) is 0.641. The number of benzene rings is 2. The highest BCUT2D eigenvalue weighted by Gasteiger charge is 2.23. The number of nitrogens with zero attached hydrogens (tertiary/aromatic N) is 2. The highest BCUT2D eigenvalue weighted by Crippen LogP contribution is 2.36. The van der Waals surface area contributed by atoms with Crippen LogP contribution in [0.3, 0.4) is 0 Å². The van der Waals surface area contributed by atoms with Crippen LogP contribution in [0.1, 0.15) is 41.1 Å². The van der Waals surface area contributed by atoms with Crippen molar-refractivity contribution in [2.24, 2.45) is 0 Å². The van der Waals surface area contributed by atoms with Crippen molar-refractivity contribution in [2.45, 2.75) is 31.7 Å². The molecule has 2 aromatic carbocycles. The van der Waals surface area contributed by atoms with Crippen LogP contribution >= 0.6 is 11.6 Å². The largest absolute Gasteiger partial charge is 0.296 e. The van der Waals surface area contributed by atoms with Gasteiger partial charge in [0.2, 0.25) is 0 Å². The van der Waals surface area contributed by atoms with Gasteiger partial charge in [-0.15, -0.1) is 0 Å². The molecule has 24 heavy (non-hydrogen) atoms. The molecule has 1 aliphatic rings. The van der Waals surface area contributed by atoms with Gasteiger partial charge in [0, 0.05) is 17.4 Å². The molecule has 0 fully saturated rings. The number of imidazole rings is 1. The van der Waals surface area contributed by atoms with E-state index in [4.69, 9.17) is 11.6 Å². The lowest BCUT2D eigenvalue weighted by Gasteiger charge is -2.24. The van der Waals surface area contributed by atoms with E-state index in [1.54, 1.807) is 10.8 Å². The second-order valence-corrected chi connectivity index (χ2v) is 6.67. The first-order chi connectivity index (χ1) is 11.7. The average Bonchev–Trinajstić information content (AvgIpc) is 3.02. The van der Waals surface area contributed by atoms with Crippen molar-refractivity contribution >= 4 is 11.6 Å². The van der Waals surface area contributed by atoms with Crippen molar-refractivity contribution in [3.8, 4) is 0 Å². The number of aromatic nitrogens is 2. The topological polar surface area (TPSA) is 17.8 Å². The third kappa shape index (κ3) is 2.73. The highest BCUT2D eigenvalue weighted by molar-refractivity contribution is 6.31. The fourth-order valence-electron chi connectivity index (χ4n) is 3.60. The first-order valence-corrected chi connectivity index (χ1v) is 8.66. The second kappa shape index (κ2) is 6.40. The van der Waals surface area contributed by atoms with Gasteiger partial charge >= 0.3 is 0 Å². The molecule has 1 heterocycles. The van der Waals surface area contributed by atoms with E-state index < -0.39 is 6.08 Å². The highest BCUT2D eigenvalue weighted by atomic mass is 35.5. The molecule has 1 aliphatic carbocycles. The maximum Gasteiger partial charge on any atom is 0.289 e. The minimum absolute atomic E-state index is 0.312. The Bertz CT molecular complexity index is 857. The lowest BCUT2D eigenvalue weighted by atomic mass is 9.87. The minimum Gasteiger partial charge on any atom is -0.296 e. The standard InChI is InChI=1S/C20H18ClFN2/c21-18-13-16-9-5-4-8-15(16)12-17(18)19(14-6-2-1-3-7-14)24-11-10-23-20(24)22/h1-3,6-7,10-13,19H,4-5,8-9H2. The van der Waals surface area contributed by atoms with Crippen LogP contribution in [0.5, 0.6) is 0 Å². The van der Waals surface area contributed by atoms with Gasteiger partial charge in [-0.25, -0.2) is 4.98 Å². The Hall–Kier alpha value is -2.13. The van der Waals surface area contributed by atoms with Gasteiger partial charge in [-0.3, -0.25) is 4.57 Å². The molecule has 1 aromatic heterocycles. The fourth-order valence-corrected chi connectivity index (χ4v) is 3.89. The van der Waals surface area contributed by atoms with E-state index in [-0.39, 0.29) is 6.04 Å². The van der Waals surface area contributed by atoms with Crippen molar-refractivity contribution in [1.29, 1.82) is 0 Å². The monoisotopic (exact) mass is 340 g/mol. The van der Waals surface area contributed by atoms with Gasteiger partial charge in [-0.2, -0.15) is 4.39 Å². The maximum atomic E-state index is 14.3. The minimum atomic E-state index is -0.502. The predicted molar refractivity (Wildman–Crippen MR) is 94.0 cm³/mol. The summed E-state index contributed by atoms with van der Waals surface area (Å²) in [6.07, 6.45) is 7.20. The summed E-state index contributed by atoms with van der Waals surface area (Å²) in [7, 11) is 0. The summed E-state index contributed by atoms with van der Waals surface area (Å²) in [5, 5.41) is 0.692. The van der Waals surface area contributed by atoms with Crippen molar-refractivity contribution in [3.05, 3.63) is 88.2 Å². The van der Waals surface area contributed by atoms with Crippen LogP contribution in [0.25, 0.3) is 0 Å². The summed E-state index contributed by atoms with van der Waals surface area (Å²) < 4.78 is 15.8. The molecule has 0 aliphatic heterocycles. The van der Waals surface area contributed by atoms with E-state index in [0.717, 1.165) is 24.0 Å². The van der Waals surface area contributed by atoms with E-state index in [0.29, 0.717) is 5.02 Å². The van der Waals surface area contributed by atoms with Crippen LogP contribution in [0.4, 0.5) is 4.39 Å². The third-order valence-electron chi connectivity index (χ3n) is 4.77. The number of halogens is 2. The molecule has 1 unspecified atom stereocenters. The molecule has 0 spiro atoms.